The van der Waals surface area contributed by atoms with E-state index in [0.29, 0.717) is 23.7 Å². The lowest BCUT2D eigenvalue weighted by Crippen LogP contribution is -2.33. The van der Waals surface area contributed by atoms with Gasteiger partial charge in [0.2, 0.25) is 0 Å². The Labute approximate surface area is 168 Å². The number of ether oxygens (including phenoxy) is 2. The number of amides is 1. The zero-order valence-corrected chi connectivity index (χ0v) is 16.2. The number of carbonyl (C=O) groups is 1. The monoisotopic (exact) mass is 392 g/mol. The first-order valence-corrected chi connectivity index (χ1v) is 9.76. The highest BCUT2D eigenvalue weighted by atomic mass is 32.1. The van der Waals surface area contributed by atoms with Crippen LogP contribution in [-0.2, 0) is 4.79 Å². The number of nitriles is 1. The Kier molecular flexibility index (Phi) is 6.66. The minimum absolute atomic E-state index is 0.152. The summed E-state index contributed by atoms with van der Waals surface area (Å²) in [7, 11) is 0. The molecule has 3 rings (SSSR count). The van der Waals surface area contributed by atoms with Crippen molar-refractivity contribution in [3.05, 3.63) is 82.0 Å². The van der Waals surface area contributed by atoms with Crippen LogP contribution in [0.1, 0.15) is 29.0 Å². The summed E-state index contributed by atoms with van der Waals surface area (Å²) in [5.74, 6) is 0.643. The van der Waals surface area contributed by atoms with Crippen LogP contribution >= 0.6 is 11.3 Å². The molecule has 0 aliphatic heterocycles. The van der Waals surface area contributed by atoms with Gasteiger partial charge in [-0.2, -0.15) is 5.26 Å². The van der Waals surface area contributed by atoms with E-state index < -0.39 is 0 Å². The lowest BCUT2D eigenvalue weighted by molar-refractivity contribution is -0.123. The Bertz CT molecular complexity index is 950. The van der Waals surface area contributed by atoms with Gasteiger partial charge in [-0.3, -0.25) is 4.79 Å². The topological polar surface area (TPSA) is 71.3 Å². The van der Waals surface area contributed by atoms with Crippen molar-refractivity contribution in [1.29, 1.82) is 5.26 Å². The van der Waals surface area contributed by atoms with E-state index in [1.165, 1.54) is 0 Å². The predicted octanol–water partition coefficient (Wildman–Crippen LogP) is 4.30. The quantitative estimate of drug-likeness (QED) is 0.620. The fourth-order valence-electron chi connectivity index (χ4n) is 2.73. The predicted molar refractivity (Wildman–Crippen MR) is 109 cm³/mol. The molecule has 0 unspecified atom stereocenters. The second-order valence-electron chi connectivity index (χ2n) is 5.92. The Morgan fingerprint density at radius 2 is 1.93 bits per heavy atom. The Hall–Kier alpha value is -3.30. The summed E-state index contributed by atoms with van der Waals surface area (Å²) in [6.07, 6.45) is 0. The van der Waals surface area contributed by atoms with E-state index in [9.17, 15) is 4.79 Å². The van der Waals surface area contributed by atoms with Crippen molar-refractivity contribution in [2.45, 2.75) is 13.0 Å². The van der Waals surface area contributed by atoms with Crippen molar-refractivity contribution in [3.8, 4) is 17.6 Å². The molecule has 1 heterocycles. The highest BCUT2D eigenvalue weighted by molar-refractivity contribution is 7.10. The molecule has 0 radical (unpaired) electrons. The van der Waals surface area contributed by atoms with Crippen molar-refractivity contribution in [2.24, 2.45) is 0 Å². The molecule has 0 saturated carbocycles. The number of hydrogen-bond donors (Lipinski definition) is 1. The smallest absolute Gasteiger partial charge is 0.258 e. The minimum Gasteiger partial charge on any atom is -0.490 e. The maximum atomic E-state index is 12.6. The Morgan fingerprint density at radius 1 is 1.11 bits per heavy atom. The standard InChI is InChI=1S/C22H20N2O3S/c1-2-26-19-13-16(14-23)10-11-18(19)27-15-21(25)24-22(20-9-6-12-28-20)17-7-4-3-5-8-17/h3-13,22H,2,15H2,1H3,(H,24,25)/t22-/m1/s1. The number of carbonyl (C=O) groups excluding carboxylic acids is 1. The molecule has 1 aromatic heterocycles. The fourth-order valence-corrected chi connectivity index (χ4v) is 3.53. The van der Waals surface area contributed by atoms with Crippen molar-refractivity contribution in [2.75, 3.05) is 13.2 Å². The molecule has 0 saturated heterocycles. The van der Waals surface area contributed by atoms with Crippen LogP contribution in [0.4, 0.5) is 0 Å². The molecule has 6 heteroatoms. The lowest BCUT2D eigenvalue weighted by atomic mass is 10.1. The first kappa shape index (κ1) is 19.5. The summed E-state index contributed by atoms with van der Waals surface area (Å²) in [4.78, 5) is 13.6. The molecule has 0 bridgehead atoms. The van der Waals surface area contributed by atoms with Crippen LogP contribution in [0, 0.1) is 11.3 Å². The first-order chi connectivity index (χ1) is 13.7. The molecule has 0 fully saturated rings. The summed E-state index contributed by atoms with van der Waals surface area (Å²) in [6, 6.07) is 20.5. The molecule has 0 aliphatic rings. The van der Waals surface area contributed by atoms with Gasteiger partial charge in [0.25, 0.3) is 5.91 Å². The minimum atomic E-state index is -0.242. The zero-order chi connectivity index (χ0) is 19.8. The third-order valence-electron chi connectivity index (χ3n) is 4.00. The summed E-state index contributed by atoms with van der Waals surface area (Å²) >= 11 is 1.59. The maximum absolute atomic E-state index is 12.6. The first-order valence-electron chi connectivity index (χ1n) is 8.88. The second kappa shape index (κ2) is 9.58. The van der Waals surface area contributed by atoms with Gasteiger partial charge in [0.15, 0.2) is 18.1 Å². The summed E-state index contributed by atoms with van der Waals surface area (Å²) in [5.41, 5.74) is 1.48. The van der Waals surface area contributed by atoms with Gasteiger partial charge in [-0.25, -0.2) is 0 Å². The third kappa shape index (κ3) is 4.90. The van der Waals surface area contributed by atoms with E-state index in [4.69, 9.17) is 14.7 Å². The van der Waals surface area contributed by atoms with Crippen LogP contribution < -0.4 is 14.8 Å². The molecule has 1 atom stereocenters. The van der Waals surface area contributed by atoms with E-state index in [1.807, 2.05) is 54.8 Å². The molecule has 0 spiro atoms. The summed E-state index contributed by atoms with van der Waals surface area (Å²) in [6.45, 7) is 2.13. The van der Waals surface area contributed by atoms with Crippen LogP contribution in [0.25, 0.3) is 0 Å². The SMILES string of the molecule is CCOc1cc(C#N)ccc1OCC(=O)N[C@H](c1ccccc1)c1cccs1. The van der Waals surface area contributed by atoms with Crippen molar-refractivity contribution in [1.82, 2.24) is 5.32 Å². The summed E-state index contributed by atoms with van der Waals surface area (Å²) in [5, 5.41) is 14.0. The largest absolute Gasteiger partial charge is 0.490 e. The van der Waals surface area contributed by atoms with Crippen molar-refractivity contribution in [3.63, 3.8) is 0 Å². The van der Waals surface area contributed by atoms with Gasteiger partial charge in [0.05, 0.1) is 24.3 Å². The van der Waals surface area contributed by atoms with Gasteiger partial charge in [-0.05, 0) is 36.1 Å². The van der Waals surface area contributed by atoms with E-state index in [-0.39, 0.29) is 18.6 Å². The average Bonchev–Trinajstić information content (AvgIpc) is 3.26. The average molecular weight is 392 g/mol. The van der Waals surface area contributed by atoms with Gasteiger partial charge in [0, 0.05) is 10.9 Å². The number of hydrogen-bond acceptors (Lipinski definition) is 5. The number of benzene rings is 2. The molecule has 5 nitrogen and oxygen atoms in total. The highest BCUT2D eigenvalue weighted by Crippen LogP contribution is 2.29. The maximum Gasteiger partial charge on any atom is 0.258 e. The van der Waals surface area contributed by atoms with Gasteiger partial charge < -0.3 is 14.8 Å². The van der Waals surface area contributed by atoms with Crippen molar-refractivity contribution < 1.29 is 14.3 Å². The van der Waals surface area contributed by atoms with Crippen LogP contribution in [0.2, 0.25) is 0 Å². The van der Waals surface area contributed by atoms with E-state index in [1.54, 1.807) is 29.5 Å². The van der Waals surface area contributed by atoms with Crippen LogP contribution in [0.3, 0.4) is 0 Å². The number of nitrogens with one attached hydrogen (secondary N) is 1. The molecule has 28 heavy (non-hydrogen) atoms. The van der Waals surface area contributed by atoms with E-state index in [2.05, 4.69) is 11.4 Å². The highest BCUT2D eigenvalue weighted by Gasteiger charge is 2.18. The van der Waals surface area contributed by atoms with E-state index in [0.717, 1.165) is 10.4 Å². The number of nitrogens with zero attached hydrogens (tertiary/aromatic N) is 1. The van der Waals surface area contributed by atoms with Crippen LogP contribution in [0.15, 0.2) is 66.0 Å². The van der Waals surface area contributed by atoms with Crippen molar-refractivity contribution >= 4 is 17.2 Å². The van der Waals surface area contributed by atoms with Gasteiger partial charge in [-0.1, -0.05) is 36.4 Å². The molecule has 1 N–H and O–H groups in total. The normalized spacial score (nSPS) is 11.3. The molecular weight excluding hydrogens is 372 g/mol. The van der Waals surface area contributed by atoms with Gasteiger partial charge >= 0.3 is 0 Å². The number of thiophene rings is 1. The Morgan fingerprint density at radius 3 is 2.61 bits per heavy atom. The zero-order valence-electron chi connectivity index (χ0n) is 15.4. The molecular formula is C22H20N2O3S. The molecule has 2 aromatic carbocycles. The van der Waals surface area contributed by atoms with Gasteiger partial charge in [0.1, 0.15) is 0 Å². The van der Waals surface area contributed by atoms with Crippen LogP contribution in [-0.4, -0.2) is 19.1 Å². The Balaban J connectivity index is 1.70. The molecule has 3 aromatic rings. The third-order valence-corrected chi connectivity index (χ3v) is 4.93. The van der Waals surface area contributed by atoms with Crippen LogP contribution in [0.5, 0.6) is 11.5 Å². The summed E-state index contributed by atoms with van der Waals surface area (Å²) < 4.78 is 11.2. The molecule has 1 amide bonds. The van der Waals surface area contributed by atoms with E-state index >= 15 is 0 Å². The lowest BCUT2D eigenvalue weighted by Gasteiger charge is -2.19. The molecule has 142 valence electrons. The number of rotatable bonds is 8. The molecule has 0 aliphatic carbocycles. The van der Waals surface area contributed by atoms with Gasteiger partial charge in [-0.15, -0.1) is 11.3 Å². The fraction of sp³-hybridized carbons (Fsp3) is 0.182. The second-order valence-corrected chi connectivity index (χ2v) is 6.90.